The van der Waals surface area contributed by atoms with Crippen molar-refractivity contribution >= 4 is 11.6 Å². The monoisotopic (exact) mass is 241 g/mol. The van der Waals surface area contributed by atoms with Crippen LogP contribution in [0.15, 0.2) is 10.9 Å². The van der Waals surface area contributed by atoms with Gasteiger partial charge in [-0.25, -0.2) is 0 Å². The first kappa shape index (κ1) is 11.7. The average molecular weight is 242 g/mol. The van der Waals surface area contributed by atoms with E-state index in [2.05, 4.69) is 0 Å². The third-order valence-corrected chi connectivity index (χ3v) is 3.38. The number of aromatic nitrogens is 1. The Morgan fingerprint density at radius 3 is 3.00 bits per heavy atom. The molecule has 0 N–H and O–H groups in total. The van der Waals surface area contributed by atoms with Gasteiger partial charge >= 0.3 is 0 Å². The van der Waals surface area contributed by atoms with Gasteiger partial charge in [-0.1, -0.05) is 0 Å². The van der Waals surface area contributed by atoms with E-state index in [4.69, 9.17) is 16.3 Å². The standard InChI is InChI=1S/C12H16ClNO2/c1-16-6-5-14-11-4-2-3-9(11)7-10(8-13)12(14)15/h7H,2-6,8H2,1H3. The number of hydrogen-bond acceptors (Lipinski definition) is 2. The van der Waals surface area contributed by atoms with E-state index in [1.165, 1.54) is 11.3 Å². The van der Waals surface area contributed by atoms with Crippen LogP contribution in [0.2, 0.25) is 0 Å². The first-order valence-electron chi connectivity index (χ1n) is 5.57. The zero-order valence-electron chi connectivity index (χ0n) is 9.46. The number of hydrogen-bond donors (Lipinski definition) is 0. The number of pyridine rings is 1. The molecule has 1 aromatic rings. The van der Waals surface area contributed by atoms with Gasteiger partial charge < -0.3 is 9.30 Å². The van der Waals surface area contributed by atoms with Gasteiger partial charge in [0.05, 0.1) is 12.5 Å². The van der Waals surface area contributed by atoms with Crippen molar-refractivity contribution in [3.8, 4) is 0 Å². The van der Waals surface area contributed by atoms with Crippen LogP contribution in [0.25, 0.3) is 0 Å². The van der Waals surface area contributed by atoms with Crippen LogP contribution < -0.4 is 5.56 Å². The molecule has 0 amide bonds. The van der Waals surface area contributed by atoms with E-state index in [0.717, 1.165) is 19.3 Å². The Morgan fingerprint density at radius 1 is 1.50 bits per heavy atom. The van der Waals surface area contributed by atoms with E-state index in [9.17, 15) is 4.79 Å². The second-order valence-corrected chi connectivity index (χ2v) is 4.35. The van der Waals surface area contributed by atoms with Gasteiger partial charge in [0.2, 0.25) is 0 Å². The van der Waals surface area contributed by atoms with Crippen LogP contribution in [-0.4, -0.2) is 18.3 Å². The molecule has 0 atom stereocenters. The molecule has 88 valence electrons. The molecule has 0 bridgehead atoms. The number of nitrogens with zero attached hydrogens (tertiary/aromatic N) is 1. The molecule has 1 aromatic heterocycles. The Morgan fingerprint density at radius 2 is 2.31 bits per heavy atom. The third-order valence-electron chi connectivity index (χ3n) is 3.09. The van der Waals surface area contributed by atoms with Gasteiger partial charge in [-0.3, -0.25) is 4.79 Å². The number of aryl methyl sites for hydroxylation is 1. The van der Waals surface area contributed by atoms with Crippen LogP contribution in [0.3, 0.4) is 0 Å². The molecule has 3 nitrogen and oxygen atoms in total. The van der Waals surface area contributed by atoms with Gasteiger partial charge in [0.15, 0.2) is 0 Å². The summed E-state index contributed by atoms with van der Waals surface area (Å²) in [5.74, 6) is 0.291. The molecule has 0 fully saturated rings. The van der Waals surface area contributed by atoms with Gasteiger partial charge in [-0.15, -0.1) is 11.6 Å². The molecule has 0 unspecified atom stereocenters. The largest absolute Gasteiger partial charge is 0.383 e. The highest BCUT2D eigenvalue weighted by molar-refractivity contribution is 6.17. The number of rotatable bonds is 4. The van der Waals surface area contributed by atoms with Gasteiger partial charge in [-0.05, 0) is 30.9 Å². The lowest BCUT2D eigenvalue weighted by atomic mass is 10.1. The third kappa shape index (κ3) is 2.02. The Hall–Kier alpha value is -0.800. The lowest BCUT2D eigenvalue weighted by Gasteiger charge is -2.13. The van der Waals surface area contributed by atoms with E-state index in [1.807, 2.05) is 10.6 Å². The lowest BCUT2D eigenvalue weighted by Crippen LogP contribution is -2.28. The molecule has 1 aliphatic carbocycles. The van der Waals surface area contributed by atoms with E-state index in [1.54, 1.807) is 7.11 Å². The first-order chi connectivity index (χ1) is 7.77. The van der Waals surface area contributed by atoms with Crippen LogP contribution in [-0.2, 0) is 30.0 Å². The van der Waals surface area contributed by atoms with E-state index in [-0.39, 0.29) is 5.56 Å². The fourth-order valence-corrected chi connectivity index (χ4v) is 2.49. The van der Waals surface area contributed by atoms with Crippen molar-refractivity contribution in [1.82, 2.24) is 4.57 Å². The molecule has 0 aliphatic heterocycles. The molecule has 0 aromatic carbocycles. The van der Waals surface area contributed by atoms with Crippen LogP contribution in [0.4, 0.5) is 0 Å². The highest BCUT2D eigenvalue weighted by Crippen LogP contribution is 2.21. The summed E-state index contributed by atoms with van der Waals surface area (Å²) in [6, 6.07) is 1.97. The minimum absolute atomic E-state index is 0.0488. The van der Waals surface area contributed by atoms with Crippen molar-refractivity contribution in [2.75, 3.05) is 13.7 Å². The number of alkyl halides is 1. The fraction of sp³-hybridized carbons (Fsp3) is 0.583. The zero-order chi connectivity index (χ0) is 11.5. The van der Waals surface area contributed by atoms with Gasteiger partial charge in [0.1, 0.15) is 0 Å². The molecular weight excluding hydrogens is 226 g/mol. The van der Waals surface area contributed by atoms with Gasteiger partial charge in [0.25, 0.3) is 5.56 Å². The topological polar surface area (TPSA) is 31.2 Å². The number of halogens is 1. The molecule has 0 radical (unpaired) electrons. The normalized spacial score (nSPS) is 14.1. The minimum atomic E-state index is 0.0488. The van der Waals surface area contributed by atoms with Gasteiger partial charge in [0, 0.05) is 24.9 Å². The molecule has 16 heavy (non-hydrogen) atoms. The molecule has 4 heteroatoms. The summed E-state index contributed by atoms with van der Waals surface area (Å²) < 4.78 is 6.88. The zero-order valence-corrected chi connectivity index (χ0v) is 10.2. The van der Waals surface area contributed by atoms with Crippen molar-refractivity contribution in [3.63, 3.8) is 0 Å². The van der Waals surface area contributed by atoms with Crippen molar-refractivity contribution in [3.05, 3.63) is 33.2 Å². The summed E-state index contributed by atoms with van der Waals surface area (Å²) in [6.07, 6.45) is 3.19. The molecule has 0 saturated heterocycles. The lowest BCUT2D eigenvalue weighted by molar-refractivity contribution is 0.185. The number of ether oxygens (including phenoxy) is 1. The van der Waals surface area contributed by atoms with Crippen molar-refractivity contribution in [1.29, 1.82) is 0 Å². The Balaban J connectivity index is 2.47. The van der Waals surface area contributed by atoms with Crippen LogP contribution in [0.5, 0.6) is 0 Å². The highest BCUT2D eigenvalue weighted by atomic mass is 35.5. The SMILES string of the molecule is COCCn1c2c(cc(CCl)c1=O)CCC2. The summed E-state index contributed by atoms with van der Waals surface area (Å²) in [5, 5.41) is 0. The van der Waals surface area contributed by atoms with Crippen LogP contribution in [0, 0.1) is 0 Å². The maximum atomic E-state index is 12.1. The molecule has 0 saturated carbocycles. The maximum Gasteiger partial charge on any atom is 0.255 e. The highest BCUT2D eigenvalue weighted by Gasteiger charge is 2.18. The molecule has 2 rings (SSSR count). The first-order valence-corrected chi connectivity index (χ1v) is 6.10. The predicted molar refractivity (Wildman–Crippen MR) is 64.2 cm³/mol. The van der Waals surface area contributed by atoms with E-state index >= 15 is 0 Å². The fourth-order valence-electron chi connectivity index (χ4n) is 2.30. The summed E-state index contributed by atoms with van der Waals surface area (Å²) in [7, 11) is 1.65. The Kier molecular flexibility index (Phi) is 3.66. The van der Waals surface area contributed by atoms with Crippen molar-refractivity contribution < 1.29 is 4.74 Å². The summed E-state index contributed by atoms with van der Waals surface area (Å²) in [6.45, 7) is 1.19. The second-order valence-electron chi connectivity index (χ2n) is 4.08. The van der Waals surface area contributed by atoms with Crippen LogP contribution in [0.1, 0.15) is 23.2 Å². The molecule has 1 heterocycles. The molecule has 0 spiro atoms. The predicted octanol–water partition coefficient (Wildman–Crippen LogP) is 1.72. The van der Waals surface area contributed by atoms with E-state index < -0.39 is 0 Å². The van der Waals surface area contributed by atoms with Crippen molar-refractivity contribution in [2.24, 2.45) is 0 Å². The summed E-state index contributed by atoms with van der Waals surface area (Å²) in [5.41, 5.74) is 3.22. The average Bonchev–Trinajstić information content (AvgIpc) is 2.75. The van der Waals surface area contributed by atoms with E-state index in [0.29, 0.717) is 24.6 Å². The quantitative estimate of drug-likeness (QED) is 0.752. The number of methoxy groups -OCH3 is 1. The van der Waals surface area contributed by atoms with Gasteiger partial charge in [-0.2, -0.15) is 0 Å². The summed E-state index contributed by atoms with van der Waals surface area (Å²) in [4.78, 5) is 12.1. The maximum absolute atomic E-state index is 12.1. The summed E-state index contributed by atoms with van der Waals surface area (Å²) >= 11 is 5.80. The molecule has 1 aliphatic rings. The van der Waals surface area contributed by atoms with Crippen molar-refractivity contribution in [2.45, 2.75) is 31.7 Å². The number of fused-ring (bicyclic) bond motifs is 1. The second kappa shape index (κ2) is 5.02. The minimum Gasteiger partial charge on any atom is -0.383 e. The smallest absolute Gasteiger partial charge is 0.255 e. The molecular formula is C12H16ClNO2. The Bertz CT molecular complexity index is 439. The Labute approximate surface area is 100.0 Å². The van der Waals surface area contributed by atoms with Crippen LogP contribution >= 0.6 is 11.6 Å².